The molecule has 0 bridgehead atoms. The van der Waals surface area contributed by atoms with Crippen molar-refractivity contribution >= 4 is 28.2 Å². The number of esters is 1. The van der Waals surface area contributed by atoms with Gasteiger partial charge in [0.1, 0.15) is 4.88 Å². The molecule has 2 unspecified atom stereocenters. The van der Waals surface area contributed by atoms with Gasteiger partial charge in [0.2, 0.25) is 0 Å². The monoisotopic (exact) mass is 311 g/mol. The number of hydrogen-bond acceptors (Lipinski definition) is 7. The number of ketones is 1. The van der Waals surface area contributed by atoms with Crippen molar-refractivity contribution in [3.8, 4) is 0 Å². The van der Waals surface area contributed by atoms with Crippen molar-refractivity contribution < 1.29 is 14.3 Å². The number of piperazine rings is 1. The first-order chi connectivity index (χ1) is 9.85. The van der Waals surface area contributed by atoms with Crippen molar-refractivity contribution in [3.05, 3.63) is 10.6 Å². The molecule has 0 aliphatic carbocycles. The molecule has 2 heterocycles. The van der Waals surface area contributed by atoms with E-state index in [-0.39, 0.29) is 11.5 Å². The van der Waals surface area contributed by atoms with Crippen LogP contribution in [0.15, 0.2) is 0 Å². The summed E-state index contributed by atoms with van der Waals surface area (Å²) in [7, 11) is 3.40. The maximum Gasteiger partial charge on any atom is 0.358 e. The van der Waals surface area contributed by atoms with Crippen LogP contribution >= 0.6 is 11.3 Å². The average molecular weight is 311 g/mol. The highest BCUT2D eigenvalue weighted by Gasteiger charge is 2.30. The van der Waals surface area contributed by atoms with Gasteiger partial charge in [-0.2, -0.15) is 0 Å². The summed E-state index contributed by atoms with van der Waals surface area (Å²) >= 11 is 1.27. The highest BCUT2D eigenvalue weighted by molar-refractivity contribution is 7.17. The zero-order chi connectivity index (χ0) is 15.7. The second-order valence-electron chi connectivity index (χ2n) is 5.49. The van der Waals surface area contributed by atoms with E-state index in [2.05, 4.69) is 35.7 Å². The molecule has 1 aliphatic rings. The first kappa shape index (κ1) is 15.9. The van der Waals surface area contributed by atoms with E-state index in [1.807, 2.05) is 0 Å². The minimum absolute atomic E-state index is 0.129. The molecule has 1 aromatic heterocycles. The molecule has 0 aromatic carbocycles. The Morgan fingerprint density at radius 2 is 1.86 bits per heavy atom. The summed E-state index contributed by atoms with van der Waals surface area (Å²) in [6.07, 6.45) is 0. The number of nitrogens with zero attached hydrogens (tertiary/aromatic N) is 3. The summed E-state index contributed by atoms with van der Waals surface area (Å²) in [6.45, 7) is 7.41. The molecule has 0 amide bonds. The zero-order valence-electron chi connectivity index (χ0n) is 13.0. The normalized spacial score (nSPS) is 23.2. The van der Waals surface area contributed by atoms with Gasteiger partial charge in [0.15, 0.2) is 16.6 Å². The van der Waals surface area contributed by atoms with Crippen LogP contribution in [0.3, 0.4) is 0 Å². The van der Waals surface area contributed by atoms with Crippen LogP contribution in [0.4, 0.5) is 5.13 Å². The van der Waals surface area contributed by atoms with Crippen molar-refractivity contribution in [2.75, 3.05) is 32.1 Å². The van der Waals surface area contributed by atoms with Crippen LogP contribution in [0, 0.1) is 0 Å². The number of thiazole rings is 1. The van der Waals surface area contributed by atoms with Crippen LogP contribution < -0.4 is 4.90 Å². The maximum atomic E-state index is 11.8. The lowest BCUT2D eigenvalue weighted by molar-refractivity contribution is 0.0591. The SMILES string of the molecule is COC(=O)c1nc(N2CC(C)N(C)C(C)C2)sc1C(C)=O. The Kier molecular flexibility index (Phi) is 4.63. The lowest BCUT2D eigenvalue weighted by Gasteiger charge is -2.42. The van der Waals surface area contributed by atoms with Crippen molar-refractivity contribution in [2.24, 2.45) is 0 Å². The van der Waals surface area contributed by atoms with E-state index in [9.17, 15) is 9.59 Å². The third-order valence-electron chi connectivity index (χ3n) is 3.94. The van der Waals surface area contributed by atoms with Gasteiger partial charge in [-0.15, -0.1) is 0 Å². The number of aromatic nitrogens is 1. The Hall–Kier alpha value is -1.47. The van der Waals surface area contributed by atoms with Gasteiger partial charge in [0.05, 0.1) is 7.11 Å². The molecule has 1 fully saturated rings. The van der Waals surface area contributed by atoms with E-state index in [0.717, 1.165) is 13.1 Å². The van der Waals surface area contributed by atoms with Crippen LogP contribution in [0.2, 0.25) is 0 Å². The van der Waals surface area contributed by atoms with Gasteiger partial charge in [0.25, 0.3) is 0 Å². The number of Topliss-reactive ketones (excluding diaryl/α,β-unsaturated/α-hetero) is 1. The van der Waals surface area contributed by atoms with Gasteiger partial charge in [0, 0.05) is 32.1 Å². The van der Waals surface area contributed by atoms with E-state index < -0.39 is 5.97 Å². The number of anilines is 1. The fraction of sp³-hybridized carbons (Fsp3) is 0.643. The molecule has 0 N–H and O–H groups in total. The standard InChI is InChI=1S/C14H21N3O3S/c1-8-6-17(7-9(2)16(8)4)14-15-11(13(19)20-5)12(21-14)10(3)18/h8-9H,6-7H2,1-5H3. The maximum absolute atomic E-state index is 11.8. The zero-order valence-corrected chi connectivity index (χ0v) is 13.9. The Bertz CT molecular complexity index is 546. The molecule has 116 valence electrons. The Morgan fingerprint density at radius 1 is 1.29 bits per heavy atom. The summed E-state index contributed by atoms with van der Waals surface area (Å²) in [4.78, 5) is 32.6. The summed E-state index contributed by atoms with van der Waals surface area (Å²) in [5.41, 5.74) is 0.129. The summed E-state index contributed by atoms with van der Waals surface area (Å²) in [5, 5.41) is 0.715. The van der Waals surface area contributed by atoms with Crippen molar-refractivity contribution in [1.29, 1.82) is 0 Å². The molecular weight excluding hydrogens is 290 g/mol. The van der Waals surface area contributed by atoms with Gasteiger partial charge >= 0.3 is 5.97 Å². The van der Waals surface area contributed by atoms with Crippen molar-refractivity contribution in [2.45, 2.75) is 32.9 Å². The van der Waals surface area contributed by atoms with E-state index >= 15 is 0 Å². The molecule has 1 saturated heterocycles. The molecule has 7 heteroatoms. The van der Waals surface area contributed by atoms with Gasteiger partial charge in [-0.05, 0) is 20.9 Å². The van der Waals surface area contributed by atoms with Crippen molar-refractivity contribution in [1.82, 2.24) is 9.88 Å². The predicted molar refractivity (Wildman–Crippen MR) is 82.4 cm³/mol. The molecule has 6 nitrogen and oxygen atoms in total. The summed E-state index contributed by atoms with van der Waals surface area (Å²) in [5.74, 6) is -0.715. The minimum atomic E-state index is -0.557. The van der Waals surface area contributed by atoms with Gasteiger partial charge < -0.3 is 9.64 Å². The summed E-state index contributed by atoms with van der Waals surface area (Å²) in [6, 6.07) is 0.778. The topological polar surface area (TPSA) is 62.7 Å². The van der Waals surface area contributed by atoms with Crippen LogP contribution in [0.1, 0.15) is 40.9 Å². The Morgan fingerprint density at radius 3 is 2.33 bits per heavy atom. The highest BCUT2D eigenvalue weighted by Crippen LogP contribution is 2.30. The van der Waals surface area contributed by atoms with E-state index in [0.29, 0.717) is 22.1 Å². The number of rotatable bonds is 3. The number of likely N-dealkylation sites (N-methyl/N-ethyl adjacent to an activating group) is 1. The van der Waals surface area contributed by atoms with Crippen LogP contribution in [-0.2, 0) is 4.74 Å². The van der Waals surface area contributed by atoms with E-state index in [1.165, 1.54) is 25.4 Å². The molecule has 1 aromatic rings. The fourth-order valence-electron chi connectivity index (χ4n) is 2.48. The molecular formula is C14H21N3O3S. The molecule has 1 aliphatic heterocycles. The second-order valence-corrected chi connectivity index (χ2v) is 6.47. The predicted octanol–water partition coefficient (Wildman–Crippen LogP) is 1.66. The smallest absolute Gasteiger partial charge is 0.358 e. The minimum Gasteiger partial charge on any atom is -0.464 e. The first-order valence-corrected chi connectivity index (χ1v) is 7.73. The van der Waals surface area contributed by atoms with Gasteiger partial charge in [-0.25, -0.2) is 9.78 Å². The highest BCUT2D eigenvalue weighted by atomic mass is 32.1. The quantitative estimate of drug-likeness (QED) is 0.625. The number of hydrogen-bond donors (Lipinski definition) is 0. The van der Waals surface area contributed by atoms with E-state index in [4.69, 9.17) is 4.74 Å². The lowest BCUT2D eigenvalue weighted by atomic mass is 10.1. The lowest BCUT2D eigenvalue weighted by Crippen LogP contribution is -2.55. The van der Waals surface area contributed by atoms with Crippen LogP contribution in [-0.4, -0.2) is 61.0 Å². The number of methoxy groups -OCH3 is 1. The van der Waals surface area contributed by atoms with Crippen molar-refractivity contribution in [3.63, 3.8) is 0 Å². The molecule has 0 spiro atoms. The van der Waals surface area contributed by atoms with Gasteiger partial charge in [-0.3, -0.25) is 9.69 Å². The third kappa shape index (κ3) is 3.08. The molecule has 0 saturated carbocycles. The van der Waals surface area contributed by atoms with Gasteiger partial charge in [-0.1, -0.05) is 11.3 Å². The number of ether oxygens (including phenoxy) is 1. The number of carbonyl (C=O) groups excluding carboxylic acids is 2. The van der Waals surface area contributed by atoms with Crippen LogP contribution in [0.25, 0.3) is 0 Å². The second kappa shape index (κ2) is 6.11. The Balaban J connectivity index is 2.32. The molecule has 21 heavy (non-hydrogen) atoms. The van der Waals surface area contributed by atoms with E-state index in [1.54, 1.807) is 0 Å². The third-order valence-corrected chi connectivity index (χ3v) is 5.16. The largest absolute Gasteiger partial charge is 0.464 e. The number of carbonyl (C=O) groups is 2. The summed E-state index contributed by atoms with van der Waals surface area (Å²) < 4.78 is 4.71. The molecule has 0 radical (unpaired) electrons. The Labute approximate surface area is 128 Å². The molecule has 2 rings (SSSR count). The molecule has 2 atom stereocenters. The average Bonchev–Trinajstić information content (AvgIpc) is 2.88. The first-order valence-electron chi connectivity index (χ1n) is 6.92. The fourth-order valence-corrected chi connectivity index (χ4v) is 3.45. The van der Waals surface area contributed by atoms with Crippen LogP contribution in [0.5, 0.6) is 0 Å².